The average Bonchev–Trinajstić information content (AvgIpc) is 3.05. The van der Waals surface area contributed by atoms with E-state index in [-0.39, 0.29) is 11.1 Å². The Bertz CT molecular complexity index is 1060. The first kappa shape index (κ1) is 15.7. The maximum Gasteiger partial charge on any atom is 0.264 e. The third kappa shape index (κ3) is 2.66. The van der Waals surface area contributed by atoms with Gasteiger partial charge in [-0.2, -0.15) is 0 Å². The van der Waals surface area contributed by atoms with Crippen molar-refractivity contribution in [1.29, 1.82) is 5.41 Å². The van der Waals surface area contributed by atoms with Gasteiger partial charge in [0.2, 0.25) is 0 Å². The Morgan fingerprint density at radius 1 is 1.12 bits per heavy atom. The normalized spacial score (nSPS) is 16.0. The lowest BCUT2D eigenvalue weighted by molar-refractivity contribution is -0.115. The molecule has 1 aliphatic rings. The molecular weight excluding hydrogens is 330 g/mol. The summed E-state index contributed by atoms with van der Waals surface area (Å²) in [5.74, 6) is -0.204. The van der Waals surface area contributed by atoms with E-state index in [2.05, 4.69) is 60.1 Å². The lowest BCUT2D eigenvalue weighted by Crippen LogP contribution is -2.18. The van der Waals surface area contributed by atoms with Crippen molar-refractivity contribution in [2.45, 2.75) is 13.8 Å². The Kier molecular flexibility index (Phi) is 3.73. The van der Waals surface area contributed by atoms with Gasteiger partial charge in [-0.3, -0.25) is 10.2 Å². The number of fused-ring (bicyclic) bond motifs is 1. The number of nitrogens with zero attached hydrogens (tertiary/aromatic N) is 1. The molecule has 1 saturated heterocycles. The third-order valence-electron chi connectivity index (χ3n) is 4.43. The predicted molar refractivity (Wildman–Crippen MR) is 104 cm³/mol. The lowest BCUT2D eigenvalue weighted by Gasteiger charge is -2.13. The zero-order valence-corrected chi connectivity index (χ0v) is 14.8. The summed E-state index contributed by atoms with van der Waals surface area (Å²) in [4.78, 5) is 12.4. The van der Waals surface area contributed by atoms with Gasteiger partial charge in [0.05, 0.1) is 10.6 Å². The van der Waals surface area contributed by atoms with Gasteiger partial charge in [0, 0.05) is 16.8 Å². The van der Waals surface area contributed by atoms with Gasteiger partial charge in [0.15, 0.2) is 5.17 Å². The maximum atomic E-state index is 11.9. The molecule has 1 aromatic heterocycles. The molecule has 0 bridgehead atoms. The van der Waals surface area contributed by atoms with Gasteiger partial charge in [0.25, 0.3) is 5.91 Å². The lowest BCUT2D eigenvalue weighted by atomic mass is 10.1. The second kappa shape index (κ2) is 5.93. The van der Waals surface area contributed by atoms with Crippen LogP contribution < -0.4 is 5.32 Å². The zero-order chi connectivity index (χ0) is 17.6. The van der Waals surface area contributed by atoms with Crippen LogP contribution in [0.25, 0.3) is 22.5 Å². The fraction of sp³-hybridized carbons (Fsp3) is 0.100. The summed E-state index contributed by atoms with van der Waals surface area (Å²) in [6, 6.07) is 16.7. The number of amides is 1. The van der Waals surface area contributed by atoms with E-state index in [0.29, 0.717) is 4.91 Å². The number of thioether (sulfide) groups is 1. The third-order valence-corrected chi connectivity index (χ3v) is 5.26. The van der Waals surface area contributed by atoms with Crippen molar-refractivity contribution in [2.75, 3.05) is 0 Å². The minimum Gasteiger partial charge on any atom is -0.317 e. The number of benzene rings is 2. The number of rotatable bonds is 2. The van der Waals surface area contributed by atoms with E-state index in [1.807, 2.05) is 18.2 Å². The number of aromatic nitrogens is 1. The van der Waals surface area contributed by atoms with Crippen molar-refractivity contribution >= 4 is 39.7 Å². The van der Waals surface area contributed by atoms with E-state index >= 15 is 0 Å². The molecule has 2 N–H and O–H groups in total. The summed E-state index contributed by atoms with van der Waals surface area (Å²) in [6.45, 7) is 4.13. The van der Waals surface area contributed by atoms with Gasteiger partial charge in [0.1, 0.15) is 0 Å². The van der Waals surface area contributed by atoms with Crippen LogP contribution in [0.3, 0.4) is 0 Å². The van der Waals surface area contributed by atoms with E-state index in [9.17, 15) is 4.79 Å². The number of hydrogen-bond donors (Lipinski definition) is 2. The zero-order valence-electron chi connectivity index (χ0n) is 14.0. The molecule has 0 saturated carbocycles. The monoisotopic (exact) mass is 347 g/mol. The van der Waals surface area contributed by atoms with E-state index in [1.165, 1.54) is 22.5 Å². The minimum atomic E-state index is -0.204. The molecule has 0 atom stereocenters. The number of aryl methyl sites for hydroxylation is 1. The molecule has 1 fully saturated rings. The summed E-state index contributed by atoms with van der Waals surface area (Å²) in [5.41, 5.74) is 4.32. The molecule has 3 aromatic rings. The van der Waals surface area contributed by atoms with Gasteiger partial charge < -0.3 is 9.88 Å². The second-order valence-corrected chi connectivity index (χ2v) is 7.11. The minimum absolute atomic E-state index is 0.180. The van der Waals surface area contributed by atoms with Crippen molar-refractivity contribution in [2.24, 2.45) is 0 Å². The van der Waals surface area contributed by atoms with Crippen LogP contribution >= 0.6 is 11.8 Å². The molecule has 4 nitrogen and oxygen atoms in total. The molecule has 2 heterocycles. The number of amidine groups is 1. The number of hydrogen-bond acceptors (Lipinski definition) is 3. The highest BCUT2D eigenvalue weighted by Gasteiger charge is 2.23. The molecule has 0 radical (unpaired) electrons. The van der Waals surface area contributed by atoms with Crippen molar-refractivity contribution in [3.63, 3.8) is 0 Å². The molecule has 4 rings (SSSR count). The Morgan fingerprint density at radius 3 is 2.64 bits per heavy atom. The van der Waals surface area contributed by atoms with E-state index in [4.69, 9.17) is 5.41 Å². The van der Waals surface area contributed by atoms with Crippen LogP contribution in [0.2, 0.25) is 0 Å². The molecule has 1 amide bonds. The topological polar surface area (TPSA) is 57.9 Å². The molecule has 0 unspecified atom stereocenters. The molecule has 0 aliphatic carbocycles. The Morgan fingerprint density at radius 2 is 1.88 bits per heavy atom. The largest absolute Gasteiger partial charge is 0.317 e. The Balaban J connectivity index is 1.87. The Labute approximate surface area is 150 Å². The van der Waals surface area contributed by atoms with Crippen LogP contribution in [0.1, 0.15) is 17.0 Å². The first-order chi connectivity index (χ1) is 12.0. The van der Waals surface area contributed by atoms with E-state index < -0.39 is 0 Å². The first-order valence-corrected chi connectivity index (χ1v) is 8.83. The van der Waals surface area contributed by atoms with Crippen molar-refractivity contribution in [3.8, 4) is 5.69 Å². The van der Waals surface area contributed by atoms with Gasteiger partial charge in [-0.25, -0.2) is 0 Å². The van der Waals surface area contributed by atoms with E-state index in [1.54, 1.807) is 0 Å². The standard InChI is InChI=1S/C20H17N3OS/c1-12-10-15(11-18-19(24)22-20(21)25-18)13(2)23(12)17-9-5-7-14-6-3-4-8-16(14)17/h3-11H,1-2H3,(H2,21,22,24). The highest BCUT2D eigenvalue weighted by atomic mass is 32.2. The fourth-order valence-corrected chi connectivity index (χ4v) is 3.98. The summed E-state index contributed by atoms with van der Waals surface area (Å²) < 4.78 is 2.22. The molecule has 1 aliphatic heterocycles. The molecule has 0 spiro atoms. The number of nitrogens with one attached hydrogen (secondary N) is 2. The molecule has 5 heteroatoms. The predicted octanol–water partition coefficient (Wildman–Crippen LogP) is 4.39. The highest BCUT2D eigenvalue weighted by molar-refractivity contribution is 8.18. The van der Waals surface area contributed by atoms with Crippen LogP contribution in [0.4, 0.5) is 0 Å². The van der Waals surface area contributed by atoms with E-state index in [0.717, 1.165) is 22.6 Å². The summed E-state index contributed by atoms with van der Waals surface area (Å²) in [5, 5.41) is 12.7. The Hall–Kier alpha value is -2.79. The van der Waals surface area contributed by atoms with Crippen LogP contribution in [0.15, 0.2) is 53.4 Å². The summed E-state index contributed by atoms with van der Waals surface area (Å²) >= 11 is 1.17. The maximum absolute atomic E-state index is 11.9. The number of carbonyl (C=O) groups excluding carboxylic acids is 1. The van der Waals surface area contributed by atoms with Crippen LogP contribution in [0.5, 0.6) is 0 Å². The highest BCUT2D eigenvalue weighted by Crippen LogP contribution is 2.30. The molecule has 2 aromatic carbocycles. The van der Waals surface area contributed by atoms with Gasteiger partial charge in [-0.15, -0.1) is 0 Å². The van der Waals surface area contributed by atoms with Gasteiger partial charge >= 0.3 is 0 Å². The molecular formula is C20H17N3OS. The van der Waals surface area contributed by atoms with Crippen LogP contribution in [-0.4, -0.2) is 15.6 Å². The first-order valence-electron chi connectivity index (χ1n) is 8.01. The van der Waals surface area contributed by atoms with Gasteiger partial charge in [-0.1, -0.05) is 36.4 Å². The summed E-state index contributed by atoms with van der Waals surface area (Å²) in [7, 11) is 0. The average molecular weight is 347 g/mol. The summed E-state index contributed by atoms with van der Waals surface area (Å²) in [6.07, 6.45) is 1.87. The fourth-order valence-electron chi connectivity index (χ4n) is 3.29. The van der Waals surface area contributed by atoms with Crippen molar-refractivity contribution in [3.05, 3.63) is 70.4 Å². The van der Waals surface area contributed by atoms with Crippen molar-refractivity contribution < 1.29 is 4.79 Å². The van der Waals surface area contributed by atoms with Gasteiger partial charge in [-0.05, 0) is 54.8 Å². The van der Waals surface area contributed by atoms with Crippen LogP contribution in [0, 0.1) is 19.3 Å². The quantitative estimate of drug-likeness (QED) is 0.676. The smallest absolute Gasteiger partial charge is 0.264 e. The van der Waals surface area contributed by atoms with Crippen LogP contribution in [-0.2, 0) is 4.79 Å². The molecule has 124 valence electrons. The number of carbonyl (C=O) groups is 1. The van der Waals surface area contributed by atoms with Crippen molar-refractivity contribution in [1.82, 2.24) is 9.88 Å². The SMILES string of the molecule is Cc1cc(C=C2SC(=N)NC2=O)c(C)n1-c1cccc2ccccc12. The second-order valence-electron chi connectivity index (χ2n) is 6.05. The molecule has 25 heavy (non-hydrogen) atoms.